The van der Waals surface area contributed by atoms with Crippen LogP contribution in [-0.4, -0.2) is 60.9 Å². The van der Waals surface area contributed by atoms with Gasteiger partial charge in [0.1, 0.15) is 18.3 Å². The molecule has 22 heavy (non-hydrogen) atoms. The average Bonchev–Trinajstić information content (AvgIpc) is 2.74. The van der Waals surface area contributed by atoms with Gasteiger partial charge in [0.05, 0.1) is 12.2 Å². The molecule has 0 aromatic carbocycles. The number of carboxylic acids is 1. The minimum absolute atomic E-state index is 0.0197. The maximum atomic E-state index is 11.7. The number of nitrogens with zero attached hydrogens (tertiary/aromatic N) is 1. The summed E-state index contributed by atoms with van der Waals surface area (Å²) in [7, 11) is 0. The fourth-order valence-corrected chi connectivity index (χ4v) is 2.33. The van der Waals surface area contributed by atoms with Gasteiger partial charge < -0.3 is 25.2 Å². The van der Waals surface area contributed by atoms with E-state index in [0.717, 1.165) is 12.2 Å². The van der Waals surface area contributed by atoms with Crippen LogP contribution in [-0.2, 0) is 9.53 Å². The fraction of sp³-hybridized carbons (Fsp3) is 0.417. The van der Waals surface area contributed by atoms with Gasteiger partial charge in [0, 0.05) is 12.3 Å². The van der Waals surface area contributed by atoms with Crippen LogP contribution in [0.1, 0.15) is 11.8 Å². The predicted molar refractivity (Wildman–Crippen MR) is 75.6 cm³/mol. The number of aromatic amines is 1. The zero-order valence-corrected chi connectivity index (χ0v) is 11.9. The molecule has 1 saturated heterocycles. The zero-order valence-electron chi connectivity index (χ0n) is 11.1. The van der Waals surface area contributed by atoms with Gasteiger partial charge in [-0.25, -0.2) is 4.79 Å². The monoisotopic (exact) mass is 330 g/mol. The van der Waals surface area contributed by atoms with Gasteiger partial charge in [-0.15, -0.1) is 0 Å². The number of carbonyl (C=O) groups is 1. The Bertz CT molecular complexity index is 710. The number of aliphatic hydroxyl groups is 3. The second-order valence-corrected chi connectivity index (χ2v) is 5.04. The molecular weight excluding hydrogens is 316 g/mol. The molecule has 5 N–H and O–H groups in total. The second-order valence-electron chi connectivity index (χ2n) is 4.65. The summed E-state index contributed by atoms with van der Waals surface area (Å²) in [5, 5.41) is 37.4. The molecule has 2 rings (SSSR count). The lowest BCUT2D eigenvalue weighted by molar-refractivity contribution is -0.131. The first kappa shape index (κ1) is 16.5. The van der Waals surface area contributed by atoms with Gasteiger partial charge in [0.25, 0.3) is 5.56 Å². The molecule has 0 saturated carbocycles. The molecule has 0 aliphatic carbocycles. The van der Waals surface area contributed by atoms with Crippen LogP contribution in [0.25, 0.3) is 6.08 Å². The van der Waals surface area contributed by atoms with E-state index in [9.17, 15) is 19.8 Å². The van der Waals surface area contributed by atoms with Crippen LogP contribution >= 0.6 is 12.2 Å². The molecule has 1 aliphatic rings. The van der Waals surface area contributed by atoms with Gasteiger partial charge in [-0.1, -0.05) is 0 Å². The lowest BCUT2D eigenvalue weighted by Crippen LogP contribution is -2.33. The smallest absolute Gasteiger partial charge is 0.328 e. The van der Waals surface area contributed by atoms with Crippen molar-refractivity contribution < 1.29 is 30.0 Å². The Morgan fingerprint density at radius 1 is 1.45 bits per heavy atom. The second kappa shape index (κ2) is 6.50. The highest BCUT2D eigenvalue weighted by molar-refractivity contribution is 7.71. The third-order valence-electron chi connectivity index (χ3n) is 3.19. The van der Waals surface area contributed by atoms with Crippen LogP contribution in [0, 0.1) is 4.77 Å². The molecular formula is C12H14N2O7S. The first-order valence-corrected chi connectivity index (χ1v) is 6.65. The van der Waals surface area contributed by atoms with Gasteiger partial charge in [-0.05, 0) is 18.3 Å². The van der Waals surface area contributed by atoms with Crippen LogP contribution in [0.15, 0.2) is 17.1 Å². The summed E-state index contributed by atoms with van der Waals surface area (Å²) >= 11 is 4.97. The number of hydrogen-bond acceptors (Lipinski definition) is 7. The van der Waals surface area contributed by atoms with E-state index >= 15 is 0 Å². The molecule has 1 aliphatic heterocycles. The number of nitrogens with one attached hydrogen (secondary N) is 1. The van der Waals surface area contributed by atoms with Crippen LogP contribution in [0.4, 0.5) is 0 Å². The van der Waals surface area contributed by atoms with Crippen molar-refractivity contribution in [1.29, 1.82) is 0 Å². The molecule has 2 heterocycles. The first-order chi connectivity index (χ1) is 10.3. The van der Waals surface area contributed by atoms with Gasteiger partial charge in [0.2, 0.25) is 0 Å². The maximum Gasteiger partial charge on any atom is 0.328 e. The topological polar surface area (TPSA) is 145 Å². The Morgan fingerprint density at radius 3 is 2.68 bits per heavy atom. The lowest BCUT2D eigenvalue weighted by atomic mass is 10.1. The number of hydrogen-bond donors (Lipinski definition) is 5. The van der Waals surface area contributed by atoms with Crippen molar-refractivity contribution in [3.8, 4) is 0 Å². The van der Waals surface area contributed by atoms with E-state index in [1.807, 2.05) is 0 Å². The van der Waals surface area contributed by atoms with E-state index < -0.39 is 42.7 Å². The number of aliphatic carboxylic acids is 1. The van der Waals surface area contributed by atoms with Crippen molar-refractivity contribution >= 4 is 24.3 Å². The third-order valence-corrected chi connectivity index (χ3v) is 3.50. The van der Waals surface area contributed by atoms with Crippen molar-refractivity contribution in [1.82, 2.24) is 9.55 Å². The van der Waals surface area contributed by atoms with Gasteiger partial charge in [0.15, 0.2) is 11.0 Å². The first-order valence-electron chi connectivity index (χ1n) is 6.24. The average molecular weight is 330 g/mol. The molecule has 0 unspecified atom stereocenters. The molecule has 1 aromatic rings. The molecule has 10 heteroatoms. The minimum Gasteiger partial charge on any atom is -0.478 e. The molecule has 1 aromatic heterocycles. The zero-order chi connectivity index (χ0) is 16.4. The van der Waals surface area contributed by atoms with E-state index in [1.165, 1.54) is 10.8 Å². The number of aromatic nitrogens is 2. The third kappa shape index (κ3) is 3.15. The predicted octanol–water partition coefficient (Wildman–Crippen LogP) is -1.38. The highest BCUT2D eigenvalue weighted by atomic mass is 32.1. The summed E-state index contributed by atoms with van der Waals surface area (Å²) in [6, 6.07) is 0. The van der Waals surface area contributed by atoms with Crippen molar-refractivity contribution in [2.45, 2.75) is 24.5 Å². The van der Waals surface area contributed by atoms with Crippen LogP contribution in [0.3, 0.4) is 0 Å². The quantitative estimate of drug-likeness (QED) is 0.335. The maximum absolute atomic E-state index is 11.7. The van der Waals surface area contributed by atoms with E-state index in [1.54, 1.807) is 0 Å². The molecule has 120 valence electrons. The van der Waals surface area contributed by atoms with E-state index in [2.05, 4.69) is 4.98 Å². The van der Waals surface area contributed by atoms with Crippen LogP contribution < -0.4 is 5.56 Å². The Labute approximate surface area is 128 Å². The number of ether oxygens (including phenoxy) is 1. The highest BCUT2D eigenvalue weighted by Crippen LogP contribution is 2.29. The summed E-state index contributed by atoms with van der Waals surface area (Å²) in [6.07, 6.45) is -1.75. The number of rotatable bonds is 4. The van der Waals surface area contributed by atoms with Gasteiger partial charge in [-0.2, -0.15) is 0 Å². The normalized spacial score (nSPS) is 28.3. The highest BCUT2D eigenvalue weighted by Gasteiger charge is 2.43. The van der Waals surface area contributed by atoms with Gasteiger partial charge in [-0.3, -0.25) is 14.3 Å². The largest absolute Gasteiger partial charge is 0.478 e. The summed E-state index contributed by atoms with van der Waals surface area (Å²) in [5.41, 5.74) is -0.626. The van der Waals surface area contributed by atoms with E-state index in [0.29, 0.717) is 0 Å². The fourth-order valence-electron chi connectivity index (χ4n) is 2.08. The summed E-state index contributed by atoms with van der Waals surface area (Å²) < 4.78 is 6.41. The Hall–Kier alpha value is -1.85. The van der Waals surface area contributed by atoms with E-state index in [4.69, 9.17) is 27.2 Å². The van der Waals surface area contributed by atoms with Crippen molar-refractivity contribution in [3.05, 3.63) is 33.0 Å². The molecule has 0 bridgehead atoms. The van der Waals surface area contributed by atoms with Crippen molar-refractivity contribution in [3.63, 3.8) is 0 Å². The summed E-state index contributed by atoms with van der Waals surface area (Å²) in [5.74, 6) is -1.23. The lowest BCUT2D eigenvalue weighted by Gasteiger charge is -2.18. The molecule has 0 spiro atoms. The Balaban J connectivity index is 2.44. The molecule has 4 atom stereocenters. The summed E-state index contributed by atoms with van der Waals surface area (Å²) in [4.78, 5) is 24.5. The SMILES string of the molecule is O=C(O)/C=C/c1cn([C@@H]2O[C@H](CO)[C@@H](O)[C@@H]2O)c(=S)[nH]c1=O. The number of H-pyrrole nitrogens is 1. The minimum atomic E-state index is -1.37. The molecule has 1 fully saturated rings. The van der Waals surface area contributed by atoms with Crippen LogP contribution in [0.2, 0.25) is 0 Å². The molecule has 0 amide bonds. The molecule has 9 nitrogen and oxygen atoms in total. The van der Waals surface area contributed by atoms with Crippen molar-refractivity contribution in [2.24, 2.45) is 0 Å². The van der Waals surface area contributed by atoms with E-state index in [-0.39, 0.29) is 10.3 Å². The number of aliphatic hydroxyl groups excluding tert-OH is 3. The van der Waals surface area contributed by atoms with Crippen LogP contribution in [0.5, 0.6) is 0 Å². The Kier molecular flexibility index (Phi) is 4.88. The van der Waals surface area contributed by atoms with Gasteiger partial charge >= 0.3 is 5.97 Å². The standard InChI is InChI=1S/C12H14N2O7S/c15-4-6-8(18)9(19)11(21-6)14-3-5(1-2-7(16)17)10(20)13-12(14)22/h1-3,6,8-9,11,15,18-19H,4H2,(H,16,17)(H,13,20,22)/b2-1+/t6-,8-,9+,11-/m1/s1. The Morgan fingerprint density at radius 2 is 2.14 bits per heavy atom. The molecule has 0 radical (unpaired) electrons. The van der Waals surface area contributed by atoms with Crippen molar-refractivity contribution in [2.75, 3.05) is 6.61 Å². The number of carboxylic acid groups (broad SMARTS) is 1. The summed E-state index contributed by atoms with van der Waals surface area (Å²) in [6.45, 7) is -0.503.